The van der Waals surface area contributed by atoms with Crippen LogP contribution in [0.1, 0.15) is 18.7 Å². The highest BCUT2D eigenvalue weighted by Gasteiger charge is 2.43. The Balaban J connectivity index is 2.32. The van der Waals surface area contributed by atoms with E-state index >= 15 is 0 Å². The molecule has 1 saturated carbocycles. The van der Waals surface area contributed by atoms with Gasteiger partial charge in [0.15, 0.2) is 5.82 Å². The quantitative estimate of drug-likeness (QED) is 0.823. The Morgan fingerprint density at radius 2 is 2.06 bits per heavy atom. The van der Waals surface area contributed by atoms with E-state index in [1.54, 1.807) is 0 Å². The fourth-order valence-electron chi connectivity index (χ4n) is 1.66. The molecule has 0 unspecified atom stereocenters. The zero-order chi connectivity index (χ0) is 11.3. The van der Waals surface area contributed by atoms with Gasteiger partial charge in [0.05, 0.1) is 11.1 Å². The molecule has 0 bridgehead atoms. The van der Waals surface area contributed by atoms with Crippen LogP contribution in [0.3, 0.4) is 0 Å². The van der Waals surface area contributed by atoms with Crippen LogP contribution in [0.5, 0.6) is 0 Å². The first-order valence-corrected chi connectivity index (χ1v) is 6.18. The smallest absolute Gasteiger partial charge is 0.150 e. The first-order valence-electron chi connectivity index (χ1n) is 5.01. The zero-order valence-electron chi connectivity index (χ0n) is 8.37. The van der Waals surface area contributed by atoms with Crippen molar-refractivity contribution in [3.8, 4) is 0 Å². The first-order chi connectivity index (χ1) is 7.60. The lowest BCUT2D eigenvalue weighted by molar-refractivity contribution is 0.677. The third kappa shape index (κ3) is 1.52. The summed E-state index contributed by atoms with van der Waals surface area (Å²) in [6.45, 7) is 0. The molecule has 1 fully saturated rings. The predicted molar refractivity (Wildman–Crippen MR) is 67.3 cm³/mol. The monoisotopic (exact) mass is 297 g/mol. The molecule has 0 aliphatic heterocycles. The summed E-state index contributed by atoms with van der Waals surface area (Å²) in [5.74, 6) is 0.650. The highest BCUT2D eigenvalue weighted by atomic mass is 79.9. The van der Waals surface area contributed by atoms with Gasteiger partial charge in [-0.2, -0.15) is 0 Å². The Morgan fingerprint density at radius 3 is 2.75 bits per heavy atom. The van der Waals surface area contributed by atoms with E-state index in [-0.39, 0.29) is 5.54 Å². The molecule has 3 nitrogen and oxygen atoms in total. The van der Waals surface area contributed by atoms with Crippen LogP contribution < -0.4 is 5.73 Å². The lowest BCUT2D eigenvalue weighted by atomic mass is 10.2. The molecule has 0 radical (unpaired) electrons. The van der Waals surface area contributed by atoms with E-state index < -0.39 is 0 Å². The molecule has 0 atom stereocenters. The molecule has 5 heteroatoms. The third-order valence-corrected chi connectivity index (χ3v) is 3.79. The van der Waals surface area contributed by atoms with Gasteiger partial charge in [-0.3, -0.25) is 0 Å². The Labute approximate surface area is 106 Å². The number of para-hydroxylation sites is 1. The summed E-state index contributed by atoms with van der Waals surface area (Å²) >= 11 is 9.60. The van der Waals surface area contributed by atoms with Crippen molar-refractivity contribution in [2.45, 2.75) is 18.4 Å². The van der Waals surface area contributed by atoms with Crippen molar-refractivity contribution in [1.29, 1.82) is 0 Å². The molecule has 2 N–H and O–H groups in total. The molecule has 0 saturated heterocycles. The number of aromatic nitrogens is 2. The molecule has 3 rings (SSSR count). The number of fused-ring (bicyclic) bond motifs is 1. The molecular formula is C11H9BrClN3. The van der Waals surface area contributed by atoms with Crippen LogP contribution in [0.2, 0.25) is 5.15 Å². The molecule has 82 valence electrons. The second-order valence-electron chi connectivity index (χ2n) is 4.13. The molecule has 1 heterocycles. The number of halogens is 2. The van der Waals surface area contributed by atoms with Gasteiger partial charge >= 0.3 is 0 Å². The number of hydrogen-bond donors (Lipinski definition) is 1. The lowest BCUT2D eigenvalue weighted by Crippen LogP contribution is -2.22. The number of benzene rings is 1. The van der Waals surface area contributed by atoms with Crippen LogP contribution >= 0.6 is 27.5 Å². The Morgan fingerprint density at radius 1 is 1.31 bits per heavy atom. The molecule has 1 aromatic heterocycles. The molecule has 0 amide bonds. The first kappa shape index (κ1) is 10.4. The molecule has 0 spiro atoms. The van der Waals surface area contributed by atoms with Gasteiger partial charge in [0.2, 0.25) is 0 Å². The highest BCUT2D eigenvalue weighted by Crippen LogP contribution is 2.42. The minimum atomic E-state index is -0.354. The van der Waals surface area contributed by atoms with Crippen molar-refractivity contribution in [3.63, 3.8) is 0 Å². The average molecular weight is 299 g/mol. The topological polar surface area (TPSA) is 51.8 Å². The van der Waals surface area contributed by atoms with Crippen molar-refractivity contribution in [1.82, 2.24) is 9.97 Å². The van der Waals surface area contributed by atoms with Crippen LogP contribution in [-0.2, 0) is 5.54 Å². The minimum absolute atomic E-state index is 0.354. The Hall–Kier alpha value is -0.710. The maximum Gasteiger partial charge on any atom is 0.150 e. The molecule has 2 aromatic rings. The molecule has 16 heavy (non-hydrogen) atoms. The standard InChI is InChI=1S/C11H9BrClN3/c12-7-3-1-2-6-8(7)15-10(16-9(6)13)11(14)4-5-11/h1-3H,4-5,14H2. The SMILES string of the molecule is NC1(c2nc(Cl)c3cccc(Br)c3n2)CC1. The van der Waals surface area contributed by atoms with E-state index in [4.69, 9.17) is 17.3 Å². The van der Waals surface area contributed by atoms with E-state index in [1.807, 2.05) is 18.2 Å². The van der Waals surface area contributed by atoms with Gasteiger partial charge in [0.25, 0.3) is 0 Å². The van der Waals surface area contributed by atoms with Gasteiger partial charge in [0, 0.05) is 9.86 Å². The summed E-state index contributed by atoms with van der Waals surface area (Å²) < 4.78 is 0.916. The second-order valence-corrected chi connectivity index (χ2v) is 5.34. The van der Waals surface area contributed by atoms with Crippen molar-refractivity contribution >= 4 is 38.4 Å². The lowest BCUT2D eigenvalue weighted by Gasteiger charge is -2.09. The summed E-state index contributed by atoms with van der Waals surface area (Å²) in [7, 11) is 0. The third-order valence-electron chi connectivity index (χ3n) is 2.86. The van der Waals surface area contributed by atoms with Gasteiger partial charge in [-0.05, 0) is 40.9 Å². The van der Waals surface area contributed by atoms with Crippen LogP contribution in [0.4, 0.5) is 0 Å². The number of nitrogens with two attached hydrogens (primary N) is 1. The van der Waals surface area contributed by atoms with Crippen LogP contribution in [0.15, 0.2) is 22.7 Å². The summed E-state index contributed by atoms with van der Waals surface area (Å²) in [6, 6.07) is 5.75. The van der Waals surface area contributed by atoms with E-state index in [2.05, 4.69) is 25.9 Å². The summed E-state index contributed by atoms with van der Waals surface area (Å²) in [6.07, 6.45) is 1.86. The Kier molecular flexibility index (Phi) is 2.21. The van der Waals surface area contributed by atoms with E-state index in [1.165, 1.54) is 0 Å². The minimum Gasteiger partial charge on any atom is -0.319 e. The van der Waals surface area contributed by atoms with Crippen LogP contribution in [-0.4, -0.2) is 9.97 Å². The second kappa shape index (κ2) is 3.39. The molecular weight excluding hydrogens is 289 g/mol. The normalized spacial score (nSPS) is 17.7. The largest absolute Gasteiger partial charge is 0.319 e. The van der Waals surface area contributed by atoms with Gasteiger partial charge < -0.3 is 5.73 Å². The van der Waals surface area contributed by atoms with Gasteiger partial charge in [-0.1, -0.05) is 17.7 Å². The van der Waals surface area contributed by atoms with Crippen LogP contribution in [0.25, 0.3) is 10.9 Å². The average Bonchev–Trinajstić information content (AvgIpc) is 2.99. The van der Waals surface area contributed by atoms with Crippen molar-refractivity contribution in [2.24, 2.45) is 5.73 Å². The van der Waals surface area contributed by atoms with Gasteiger partial charge in [-0.25, -0.2) is 9.97 Å². The highest BCUT2D eigenvalue weighted by molar-refractivity contribution is 9.10. The maximum absolute atomic E-state index is 6.14. The summed E-state index contributed by atoms with van der Waals surface area (Å²) in [5, 5.41) is 1.32. The van der Waals surface area contributed by atoms with E-state index in [9.17, 15) is 0 Å². The van der Waals surface area contributed by atoms with Crippen LogP contribution in [0, 0.1) is 0 Å². The van der Waals surface area contributed by atoms with Gasteiger partial charge in [0.1, 0.15) is 5.15 Å². The number of hydrogen-bond acceptors (Lipinski definition) is 3. The van der Waals surface area contributed by atoms with E-state index in [0.717, 1.165) is 28.2 Å². The molecule has 1 aliphatic carbocycles. The van der Waals surface area contributed by atoms with E-state index in [0.29, 0.717) is 11.0 Å². The number of nitrogens with zero attached hydrogens (tertiary/aromatic N) is 2. The fourth-order valence-corrected chi connectivity index (χ4v) is 2.35. The molecule has 1 aliphatic rings. The van der Waals surface area contributed by atoms with Crippen molar-refractivity contribution in [2.75, 3.05) is 0 Å². The predicted octanol–water partition coefficient (Wildman–Crippen LogP) is 2.99. The fraction of sp³-hybridized carbons (Fsp3) is 0.273. The summed E-state index contributed by atoms with van der Waals surface area (Å²) in [5.41, 5.74) is 6.55. The van der Waals surface area contributed by atoms with Crippen molar-refractivity contribution in [3.05, 3.63) is 33.6 Å². The Bertz CT molecular complexity index is 581. The number of rotatable bonds is 1. The summed E-state index contributed by atoms with van der Waals surface area (Å²) in [4.78, 5) is 8.79. The molecule has 1 aromatic carbocycles. The zero-order valence-corrected chi connectivity index (χ0v) is 10.7. The maximum atomic E-state index is 6.14. The van der Waals surface area contributed by atoms with Crippen molar-refractivity contribution < 1.29 is 0 Å². The van der Waals surface area contributed by atoms with Gasteiger partial charge in [-0.15, -0.1) is 0 Å².